The van der Waals surface area contributed by atoms with Crippen molar-refractivity contribution in [1.29, 1.82) is 0 Å². The number of amides is 1. The highest BCUT2D eigenvalue weighted by molar-refractivity contribution is 7.99. The first-order valence-corrected chi connectivity index (χ1v) is 9.26. The van der Waals surface area contributed by atoms with Gasteiger partial charge in [0.1, 0.15) is 0 Å². The van der Waals surface area contributed by atoms with Crippen LogP contribution in [0.3, 0.4) is 0 Å². The molecule has 0 aliphatic rings. The summed E-state index contributed by atoms with van der Waals surface area (Å²) < 4.78 is 5.52. The van der Waals surface area contributed by atoms with Gasteiger partial charge in [0.25, 0.3) is 5.22 Å². The molecule has 8 heteroatoms. The highest BCUT2D eigenvalue weighted by Crippen LogP contribution is 2.23. The van der Waals surface area contributed by atoms with Crippen molar-refractivity contribution in [1.82, 2.24) is 15.2 Å². The van der Waals surface area contributed by atoms with Crippen LogP contribution in [0.25, 0.3) is 11.5 Å². The zero-order valence-corrected chi connectivity index (χ0v) is 14.4. The molecule has 0 fully saturated rings. The van der Waals surface area contributed by atoms with Gasteiger partial charge in [-0.15, -0.1) is 22.0 Å². The third kappa shape index (κ3) is 4.36. The van der Waals surface area contributed by atoms with Gasteiger partial charge in [0, 0.05) is 23.0 Å². The molecule has 3 aromatic rings. The van der Waals surface area contributed by atoms with Crippen LogP contribution in [0.15, 0.2) is 63.3 Å². The molecule has 2 heterocycles. The lowest BCUT2D eigenvalue weighted by Crippen LogP contribution is -2.13. The normalized spacial score (nSPS) is 10.5. The number of hydrogen-bond acceptors (Lipinski definition) is 7. The molecule has 24 heavy (non-hydrogen) atoms. The fourth-order valence-corrected chi connectivity index (χ4v) is 2.92. The van der Waals surface area contributed by atoms with Crippen LogP contribution in [0.5, 0.6) is 0 Å². The lowest BCUT2D eigenvalue weighted by atomic mass is 10.3. The number of carbonyl (C=O) groups excluding carboxylic acids is 1. The molecule has 6 nitrogen and oxygen atoms in total. The molecule has 0 bridgehead atoms. The number of pyridine rings is 1. The zero-order valence-electron chi connectivity index (χ0n) is 12.8. The van der Waals surface area contributed by atoms with E-state index in [4.69, 9.17) is 4.42 Å². The Morgan fingerprint density at radius 1 is 1.25 bits per heavy atom. The molecule has 122 valence electrons. The van der Waals surface area contributed by atoms with Crippen molar-refractivity contribution in [2.45, 2.75) is 10.1 Å². The maximum absolute atomic E-state index is 12.0. The van der Waals surface area contributed by atoms with Gasteiger partial charge in [0.2, 0.25) is 11.8 Å². The first-order chi connectivity index (χ1) is 11.7. The third-order valence-corrected chi connectivity index (χ3v) is 4.54. The smallest absolute Gasteiger partial charge is 0.277 e. The second kappa shape index (κ2) is 7.98. The Labute approximate surface area is 147 Å². The number of anilines is 1. The summed E-state index contributed by atoms with van der Waals surface area (Å²) >= 11 is 2.82. The molecule has 0 saturated heterocycles. The van der Waals surface area contributed by atoms with E-state index in [1.54, 1.807) is 30.2 Å². The number of aromatic nitrogens is 3. The van der Waals surface area contributed by atoms with Crippen LogP contribution in [-0.4, -0.2) is 33.1 Å². The van der Waals surface area contributed by atoms with Crippen molar-refractivity contribution in [2.24, 2.45) is 0 Å². The summed E-state index contributed by atoms with van der Waals surface area (Å²) in [7, 11) is 0. The molecule has 0 saturated carbocycles. The maximum atomic E-state index is 12.0. The van der Waals surface area contributed by atoms with Gasteiger partial charge in [0.05, 0.1) is 11.3 Å². The van der Waals surface area contributed by atoms with Crippen LogP contribution < -0.4 is 5.32 Å². The predicted molar refractivity (Wildman–Crippen MR) is 95.1 cm³/mol. The van der Waals surface area contributed by atoms with E-state index in [0.717, 1.165) is 16.1 Å². The van der Waals surface area contributed by atoms with Gasteiger partial charge in [-0.05, 0) is 36.6 Å². The number of carbonyl (C=O) groups is 1. The van der Waals surface area contributed by atoms with Crippen LogP contribution in [0, 0.1) is 0 Å². The lowest BCUT2D eigenvalue weighted by molar-refractivity contribution is -0.113. The Kier molecular flexibility index (Phi) is 5.50. The second-order valence-electron chi connectivity index (χ2n) is 4.68. The quantitative estimate of drug-likeness (QED) is 0.674. The Morgan fingerprint density at radius 2 is 2.17 bits per heavy atom. The summed E-state index contributed by atoms with van der Waals surface area (Å²) in [6.45, 7) is 0. The van der Waals surface area contributed by atoms with Crippen LogP contribution in [0.1, 0.15) is 0 Å². The predicted octanol–water partition coefficient (Wildman–Crippen LogP) is 3.58. The maximum Gasteiger partial charge on any atom is 0.277 e. The fraction of sp³-hybridized carbons (Fsp3) is 0.125. The van der Waals surface area contributed by atoms with E-state index in [0.29, 0.717) is 11.1 Å². The molecule has 0 aliphatic carbocycles. The standard InChI is InChI=1S/C16H14N4O2S2/c1-23-13-6-2-5-12(8-13)18-14(21)10-24-16-20-19-15(22-16)11-4-3-7-17-9-11/h2-9H,10H2,1H3,(H,18,21). The molecule has 0 spiro atoms. The van der Waals surface area contributed by atoms with Gasteiger partial charge in [-0.3, -0.25) is 9.78 Å². The molecule has 2 aromatic heterocycles. The summed E-state index contributed by atoms with van der Waals surface area (Å²) in [5.74, 6) is 0.455. The van der Waals surface area contributed by atoms with E-state index in [1.807, 2.05) is 36.6 Å². The first-order valence-electron chi connectivity index (χ1n) is 7.05. The summed E-state index contributed by atoms with van der Waals surface area (Å²) in [6.07, 6.45) is 5.31. The Bertz CT molecular complexity index is 824. The van der Waals surface area contributed by atoms with Crippen molar-refractivity contribution in [3.05, 3.63) is 48.8 Å². The second-order valence-corrected chi connectivity index (χ2v) is 6.49. The molecular weight excluding hydrogens is 344 g/mol. The van der Waals surface area contributed by atoms with Gasteiger partial charge in [0.15, 0.2) is 0 Å². The van der Waals surface area contributed by atoms with E-state index < -0.39 is 0 Å². The van der Waals surface area contributed by atoms with Crippen molar-refractivity contribution >= 4 is 35.1 Å². The van der Waals surface area contributed by atoms with Crippen molar-refractivity contribution in [3.8, 4) is 11.5 Å². The lowest BCUT2D eigenvalue weighted by Gasteiger charge is -2.05. The fourth-order valence-electron chi connectivity index (χ4n) is 1.90. The summed E-state index contributed by atoms with van der Waals surface area (Å²) in [5.41, 5.74) is 1.52. The third-order valence-electron chi connectivity index (χ3n) is 3.00. The molecule has 0 radical (unpaired) electrons. The molecule has 0 unspecified atom stereocenters. The molecule has 0 aliphatic heterocycles. The van der Waals surface area contributed by atoms with Crippen LogP contribution in [-0.2, 0) is 4.79 Å². The number of thioether (sulfide) groups is 2. The Morgan fingerprint density at radius 3 is 2.96 bits per heavy atom. The molecule has 1 amide bonds. The minimum absolute atomic E-state index is 0.126. The molecular formula is C16H14N4O2S2. The highest BCUT2D eigenvalue weighted by atomic mass is 32.2. The van der Waals surface area contributed by atoms with E-state index in [2.05, 4.69) is 20.5 Å². The first kappa shape index (κ1) is 16.5. The molecule has 0 atom stereocenters. The zero-order chi connectivity index (χ0) is 16.8. The average molecular weight is 358 g/mol. The highest BCUT2D eigenvalue weighted by Gasteiger charge is 2.11. The molecule has 3 rings (SSSR count). The minimum atomic E-state index is -0.126. The SMILES string of the molecule is CSc1cccc(NC(=O)CSc2nnc(-c3cccnc3)o2)c1. The van der Waals surface area contributed by atoms with Crippen molar-refractivity contribution in [3.63, 3.8) is 0 Å². The van der Waals surface area contributed by atoms with Gasteiger partial charge in [-0.2, -0.15) is 0 Å². The minimum Gasteiger partial charge on any atom is -0.411 e. The van der Waals surface area contributed by atoms with Gasteiger partial charge in [-0.25, -0.2) is 0 Å². The van der Waals surface area contributed by atoms with Crippen LogP contribution in [0.2, 0.25) is 0 Å². The largest absolute Gasteiger partial charge is 0.411 e. The van der Waals surface area contributed by atoms with Gasteiger partial charge in [-0.1, -0.05) is 17.8 Å². The number of benzene rings is 1. The van der Waals surface area contributed by atoms with Crippen LogP contribution >= 0.6 is 23.5 Å². The van der Waals surface area contributed by atoms with E-state index >= 15 is 0 Å². The summed E-state index contributed by atoms with van der Waals surface area (Å²) in [5, 5.41) is 11.1. The molecule has 1 aromatic carbocycles. The number of nitrogens with one attached hydrogen (secondary N) is 1. The Balaban J connectivity index is 1.56. The van der Waals surface area contributed by atoms with Crippen molar-refractivity contribution in [2.75, 3.05) is 17.3 Å². The summed E-state index contributed by atoms with van der Waals surface area (Å²) in [6, 6.07) is 11.3. The number of rotatable bonds is 6. The number of nitrogens with zero attached hydrogens (tertiary/aromatic N) is 3. The molecule has 1 N–H and O–H groups in total. The van der Waals surface area contributed by atoms with Gasteiger partial charge < -0.3 is 9.73 Å². The topological polar surface area (TPSA) is 80.9 Å². The average Bonchev–Trinajstić information content (AvgIpc) is 3.10. The van der Waals surface area contributed by atoms with Crippen LogP contribution in [0.4, 0.5) is 5.69 Å². The monoisotopic (exact) mass is 358 g/mol. The number of hydrogen-bond donors (Lipinski definition) is 1. The van der Waals surface area contributed by atoms with Crippen molar-refractivity contribution < 1.29 is 9.21 Å². The van der Waals surface area contributed by atoms with Gasteiger partial charge >= 0.3 is 0 Å². The van der Waals surface area contributed by atoms with E-state index in [-0.39, 0.29) is 11.7 Å². The Hall–Kier alpha value is -2.32. The van der Waals surface area contributed by atoms with E-state index in [1.165, 1.54) is 11.8 Å². The summed E-state index contributed by atoms with van der Waals surface area (Å²) in [4.78, 5) is 17.1. The van der Waals surface area contributed by atoms with E-state index in [9.17, 15) is 4.79 Å².